The zero-order chi connectivity index (χ0) is 13.0. The minimum atomic E-state index is -3.28. The average Bonchev–Trinajstić information content (AvgIpc) is 2.83. The molecule has 6 heteroatoms. The zero-order valence-corrected chi connectivity index (χ0v) is 11.7. The fraction of sp³-hybridized carbons (Fsp3) is 0.0833. The van der Waals surface area contributed by atoms with Gasteiger partial charge in [0, 0.05) is 22.0 Å². The Kier molecular flexibility index (Phi) is 4.16. The molecule has 0 unspecified atom stereocenters. The lowest BCUT2D eigenvalue weighted by Gasteiger charge is -1.99. The molecule has 0 aliphatic heterocycles. The quantitative estimate of drug-likeness (QED) is 0.869. The molecule has 3 nitrogen and oxygen atoms in total. The van der Waals surface area contributed by atoms with Crippen molar-refractivity contribution >= 4 is 38.9 Å². The highest BCUT2D eigenvalue weighted by Crippen LogP contribution is 2.14. The van der Waals surface area contributed by atoms with Crippen LogP contribution in [-0.2, 0) is 15.6 Å². The van der Waals surface area contributed by atoms with Gasteiger partial charge in [-0.2, -0.15) is 0 Å². The van der Waals surface area contributed by atoms with Gasteiger partial charge >= 0.3 is 0 Å². The Morgan fingerprint density at radius 2 is 2.00 bits per heavy atom. The highest BCUT2D eigenvalue weighted by Gasteiger charge is 2.07. The van der Waals surface area contributed by atoms with Gasteiger partial charge in [-0.25, -0.2) is 13.4 Å². The topological polar surface area (TPSA) is 47.0 Å². The van der Waals surface area contributed by atoms with Crippen LogP contribution in [0.25, 0.3) is 6.08 Å². The molecule has 1 aromatic heterocycles. The van der Waals surface area contributed by atoms with E-state index in [9.17, 15) is 8.42 Å². The Hall–Kier alpha value is -1.17. The molecule has 0 radical (unpaired) electrons. The monoisotopic (exact) mass is 299 g/mol. The number of rotatable bonds is 4. The summed E-state index contributed by atoms with van der Waals surface area (Å²) in [6.07, 6.45) is 3.14. The summed E-state index contributed by atoms with van der Waals surface area (Å²) in [5, 5.41) is 4.26. The van der Waals surface area contributed by atoms with Crippen LogP contribution in [0.1, 0.15) is 10.6 Å². The van der Waals surface area contributed by atoms with Crippen LogP contribution in [0.2, 0.25) is 5.02 Å². The first-order chi connectivity index (χ1) is 8.55. The highest BCUT2D eigenvalue weighted by atomic mass is 35.5. The molecule has 0 aliphatic rings. The van der Waals surface area contributed by atoms with Gasteiger partial charge in [0.05, 0.1) is 5.75 Å². The number of hydrogen-bond acceptors (Lipinski definition) is 4. The molecule has 18 heavy (non-hydrogen) atoms. The van der Waals surface area contributed by atoms with Crippen LogP contribution in [0.15, 0.2) is 41.3 Å². The lowest BCUT2D eigenvalue weighted by molar-refractivity contribution is 0.604. The largest absolute Gasteiger partial charge is 0.245 e. The number of hydrogen-bond donors (Lipinski definition) is 0. The van der Waals surface area contributed by atoms with E-state index >= 15 is 0 Å². The third-order valence-corrected chi connectivity index (χ3v) is 4.43. The molecule has 0 saturated carbocycles. The summed E-state index contributed by atoms with van der Waals surface area (Å²) in [6, 6.07) is 6.77. The number of aromatic nitrogens is 1. The summed E-state index contributed by atoms with van der Waals surface area (Å²) < 4.78 is 23.7. The van der Waals surface area contributed by atoms with Gasteiger partial charge in [0.25, 0.3) is 0 Å². The molecule has 2 rings (SSSR count). The predicted molar refractivity (Wildman–Crippen MR) is 75.2 cm³/mol. The van der Waals surface area contributed by atoms with Gasteiger partial charge in [-0.15, -0.1) is 11.3 Å². The van der Waals surface area contributed by atoms with Crippen LogP contribution in [0.3, 0.4) is 0 Å². The second kappa shape index (κ2) is 5.65. The normalized spacial score (nSPS) is 12.1. The zero-order valence-electron chi connectivity index (χ0n) is 9.28. The van der Waals surface area contributed by atoms with Gasteiger partial charge in [0.2, 0.25) is 0 Å². The summed E-state index contributed by atoms with van der Waals surface area (Å²) in [6.45, 7) is 0. The van der Waals surface area contributed by atoms with Gasteiger partial charge in [-0.05, 0) is 23.8 Å². The lowest BCUT2D eigenvalue weighted by atomic mass is 10.2. The molecule has 0 saturated heterocycles. The standard InChI is InChI=1S/C12H10ClNO2S2/c13-11-3-1-10(2-4-11)9-18(15,16)8-5-12-14-6-7-17-12/h1-8H,9H2. The summed E-state index contributed by atoms with van der Waals surface area (Å²) in [5.74, 6) is -0.0357. The molecular weight excluding hydrogens is 290 g/mol. The second-order valence-electron chi connectivity index (χ2n) is 3.61. The van der Waals surface area contributed by atoms with Crippen LogP contribution in [0.4, 0.5) is 0 Å². The van der Waals surface area contributed by atoms with Crippen molar-refractivity contribution < 1.29 is 8.42 Å². The van der Waals surface area contributed by atoms with Crippen molar-refractivity contribution in [3.63, 3.8) is 0 Å². The van der Waals surface area contributed by atoms with Gasteiger partial charge < -0.3 is 0 Å². The fourth-order valence-corrected chi connectivity index (χ4v) is 3.17. The van der Waals surface area contributed by atoms with E-state index < -0.39 is 9.84 Å². The Bertz CT molecular complexity index is 631. The van der Waals surface area contributed by atoms with Crippen molar-refractivity contribution in [2.45, 2.75) is 5.75 Å². The molecule has 0 bridgehead atoms. The van der Waals surface area contributed by atoms with Gasteiger partial charge in [0.15, 0.2) is 9.84 Å². The van der Waals surface area contributed by atoms with E-state index in [-0.39, 0.29) is 5.75 Å². The summed E-state index contributed by atoms with van der Waals surface area (Å²) >= 11 is 7.13. The Balaban J connectivity index is 2.10. The van der Waals surface area contributed by atoms with Crippen LogP contribution >= 0.6 is 22.9 Å². The lowest BCUT2D eigenvalue weighted by Crippen LogP contribution is -1.99. The minimum absolute atomic E-state index is 0.0357. The molecule has 0 N–H and O–H groups in total. The molecule has 0 spiro atoms. The van der Waals surface area contributed by atoms with E-state index in [0.29, 0.717) is 15.6 Å². The van der Waals surface area contributed by atoms with E-state index in [4.69, 9.17) is 11.6 Å². The summed E-state index contributed by atoms with van der Waals surface area (Å²) in [5.41, 5.74) is 0.711. The smallest absolute Gasteiger partial charge is 0.175 e. The Morgan fingerprint density at radius 3 is 2.61 bits per heavy atom. The first-order valence-electron chi connectivity index (χ1n) is 5.10. The maximum absolute atomic E-state index is 11.8. The number of thiazole rings is 1. The van der Waals surface area contributed by atoms with Crippen molar-refractivity contribution in [2.24, 2.45) is 0 Å². The van der Waals surface area contributed by atoms with Crippen molar-refractivity contribution in [1.29, 1.82) is 0 Å². The van der Waals surface area contributed by atoms with Crippen LogP contribution in [-0.4, -0.2) is 13.4 Å². The second-order valence-corrected chi connectivity index (χ2v) is 6.86. The molecule has 0 amide bonds. The first-order valence-corrected chi connectivity index (χ1v) is 8.07. The minimum Gasteiger partial charge on any atom is -0.245 e. The van der Waals surface area contributed by atoms with Crippen LogP contribution in [0.5, 0.6) is 0 Å². The van der Waals surface area contributed by atoms with E-state index in [1.165, 1.54) is 22.8 Å². The van der Waals surface area contributed by atoms with Gasteiger partial charge in [0.1, 0.15) is 5.01 Å². The maximum atomic E-state index is 11.8. The molecule has 0 fully saturated rings. The van der Waals surface area contributed by atoms with Crippen LogP contribution in [0, 0.1) is 0 Å². The third kappa shape index (κ3) is 3.94. The Labute approximate surface area is 115 Å². The maximum Gasteiger partial charge on any atom is 0.175 e. The molecular formula is C12H10ClNO2S2. The van der Waals surface area contributed by atoms with Crippen LogP contribution < -0.4 is 0 Å². The summed E-state index contributed by atoms with van der Waals surface area (Å²) in [4.78, 5) is 3.99. The molecule has 1 heterocycles. The highest BCUT2D eigenvalue weighted by molar-refractivity contribution is 7.93. The average molecular weight is 300 g/mol. The molecule has 94 valence electrons. The number of benzene rings is 1. The molecule has 2 aromatic rings. The Morgan fingerprint density at radius 1 is 1.28 bits per heavy atom. The predicted octanol–water partition coefficient (Wildman–Crippen LogP) is 3.38. The SMILES string of the molecule is O=S(=O)(C=Cc1nccs1)Cc1ccc(Cl)cc1. The molecule has 0 aliphatic carbocycles. The van der Waals surface area contributed by atoms with Gasteiger partial charge in [-0.3, -0.25) is 0 Å². The molecule has 0 atom stereocenters. The van der Waals surface area contributed by atoms with Crippen molar-refractivity contribution in [2.75, 3.05) is 0 Å². The van der Waals surface area contributed by atoms with E-state index in [2.05, 4.69) is 4.98 Å². The van der Waals surface area contributed by atoms with Crippen molar-refractivity contribution in [3.8, 4) is 0 Å². The number of halogens is 1. The van der Waals surface area contributed by atoms with E-state index in [1.807, 2.05) is 0 Å². The first kappa shape index (κ1) is 13.3. The van der Waals surface area contributed by atoms with E-state index in [1.54, 1.807) is 35.8 Å². The van der Waals surface area contributed by atoms with Crippen molar-refractivity contribution in [1.82, 2.24) is 4.98 Å². The number of nitrogens with zero attached hydrogens (tertiary/aromatic N) is 1. The summed E-state index contributed by atoms with van der Waals surface area (Å²) in [7, 11) is -3.28. The third-order valence-electron chi connectivity index (χ3n) is 2.15. The molecule has 1 aromatic carbocycles. The van der Waals surface area contributed by atoms with E-state index in [0.717, 1.165) is 0 Å². The fourth-order valence-electron chi connectivity index (χ4n) is 1.34. The van der Waals surface area contributed by atoms with Gasteiger partial charge in [-0.1, -0.05) is 23.7 Å². The number of sulfone groups is 1. The van der Waals surface area contributed by atoms with Crippen molar-refractivity contribution in [3.05, 3.63) is 56.8 Å².